The minimum Gasteiger partial charge on any atom is -0.672 e. The molecule has 1 heterocycles. The molecule has 3 heteroatoms. The van der Waals surface area contributed by atoms with Gasteiger partial charge in [0, 0.05) is 43.1 Å². The van der Waals surface area contributed by atoms with Crippen molar-refractivity contribution in [3.8, 4) is 22.3 Å². The third-order valence-corrected chi connectivity index (χ3v) is 10.4. The molecule has 4 unspecified atom stereocenters. The van der Waals surface area contributed by atoms with Crippen LogP contribution in [0.5, 0.6) is 0 Å². The zero-order chi connectivity index (χ0) is 30.6. The van der Waals surface area contributed by atoms with Gasteiger partial charge >= 0.3 is 0 Å². The summed E-state index contributed by atoms with van der Waals surface area (Å²) in [4.78, 5) is 5.57. The standard InChI is InChI=1S/C43H45N2.3CH3.Hf/c1-30(2)34-22-11-12-24-39(34)43(41-29-15-28-40(44-41)38-27-13-21-31-20-9-10-23-35(31)38)45-42-36(32-16-5-3-6-17-32)25-14-26-37(42)33-18-7-4-8-19-33;;;;/h3-8,11-12,14-19,22,24-26,28-31,35,38,43H,9-10,13,20-21,23,27H2,1-2H3;3*1H3;/q4*-1;. The molecule has 1 aromatic heterocycles. The third kappa shape index (κ3) is 8.72. The second-order valence-corrected chi connectivity index (χ2v) is 13.5. The van der Waals surface area contributed by atoms with Crippen LogP contribution >= 0.6 is 0 Å². The van der Waals surface area contributed by atoms with Crippen LogP contribution in [0.4, 0.5) is 5.69 Å². The van der Waals surface area contributed by atoms with Crippen molar-refractivity contribution in [2.45, 2.75) is 76.7 Å². The van der Waals surface area contributed by atoms with Crippen LogP contribution in [0.2, 0.25) is 0 Å². The molecule has 0 spiro atoms. The zero-order valence-corrected chi connectivity index (χ0v) is 33.9. The van der Waals surface area contributed by atoms with E-state index in [9.17, 15) is 0 Å². The molecule has 0 saturated heterocycles. The predicted molar refractivity (Wildman–Crippen MR) is 208 cm³/mol. The zero-order valence-electron chi connectivity index (χ0n) is 30.3. The van der Waals surface area contributed by atoms with Crippen LogP contribution in [0.1, 0.15) is 99.2 Å². The van der Waals surface area contributed by atoms with Crippen LogP contribution in [0.15, 0.2) is 121 Å². The van der Waals surface area contributed by atoms with Crippen molar-refractivity contribution in [3.63, 3.8) is 0 Å². The number of aromatic nitrogens is 1. The Kier molecular flexibility index (Phi) is 15.3. The van der Waals surface area contributed by atoms with Crippen molar-refractivity contribution in [2.24, 2.45) is 11.8 Å². The van der Waals surface area contributed by atoms with Gasteiger partial charge in [0.2, 0.25) is 0 Å². The van der Waals surface area contributed by atoms with E-state index in [-0.39, 0.29) is 54.2 Å². The molecule has 2 nitrogen and oxygen atoms in total. The van der Waals surface area contributed by atoms with E-state index < -0.39 is 0 Å². The van der Waals surface area contributed by atoms with Gasteiger partial charge in [-0.1, -0.05) is 161 Å². The van der Waals surface area contributed by atoms with Crippen LogP contribution in [0, 0.1) is 34.1 Å². The van der Waals surface area contributed by atoms with Crippen LogP contribution < -0.4 is 0 Å². The molecular formula is C46H54HfN2-4. The number of rotatable bonds is 8. The van der Waals surface area contributed by atoms with Crippen molar-refractivity contribution in [1.29, 1.82) is 0 Å². The van der Waals surface area contributed by atoms with Gasteiger partial charge in [-0.25, -0.2) is 0 Å². The van der Waals surface area contributed by atoms with Crippen molar-refractivity contribution < 1.29 is 25.8 Å². The molecule has 0 radical (unpaired) electrons. The second-order valence-electron chi connectivity index (χ2n) is 13.5. The van der Waals surface area contributed by atoms with Crippen molar-refractivity contribution >= 4 is 5.69 Å². The van der Waals surface area contributed by atoms with Gasteiger partial charge in [-0.3, -0.25) is 4.98 Å². The number of fused-ring (bicyclic) bond motifs is 1. The fourth-order valence-electron chi connectivity index (χ4n) is 8.23. The van der Waals surface area contributed by atoms with Crippen LogP contribution in [0.3, 0.4) is 0 Å². The maximum absolute atomic E-state index is 5.80. The average molecular weight is 813 g/mol. The molecule has 256 valence electrons. The van der Waals surface area contributed by atoms with E-state index in [0.717, 1.165) is 34.3 Å². The molecule has 5 aromatic rings. The fourth-order valence-corrected chi connectivity index (χ4v) is 8.23. The monoisotopic (exact) mass is 814 g/mol. The van der Waals surface area contributed by atoms with Crippen LogP contribution in [-0.4, -0.2) is 4.98 Å². The summed E-state index contributed by atoms with van der Waals surface area (Å²) in [6.07, 6.45) is 9.52. The molecule has 2 aliphatic carbocycles. The Hall–Kier alpha value is -3.30. The van der Waals surface area contributed by atoms with E-state index in [1.807, 2.05) is 0 Å². The molecule has 7 rings (SSSR count). The molecule has 49 heavy (non-hydrogen) atoms. The molecule has 0 bridgehead atoms. The van der Waals surface area contributed by atoms with Gasteiger partial charge in [0.25, 0.3) is 0 Å². The third-order valence-electron chi connectivity index (χ3n) is 10.4. The molecule has 2 fully saturated rings. The maximum Gasteiger partial charge on any atom is 0.0440 e. The van der Waals surface area contributed by atoms with E-state index in [4.69, 9.17) is 10.3 Å². The van der Waals surface area contributed by atoms with Gasteiger partial charge in [-0.2, -0.15) is 0 Å². The van der Waals surface area contributed by atoms with Gasteiger partial charge in [0.15, 0.2) is 0 Å². The molecule has 0 aliphatic heterocycles. The Morgan fingerprint density at radius 2 is 1.12 bits per heavy atom. The number of para-hydroxylation sites is 1. The first kappa shape index (κ1) is 40.1. The fraction of sp³-hybridized carbons (Fsp3) is 0.304. The first-order valence-electron chi connectivity index (χ1n) is 17.2. The van der Waals surface area contributed by atoms with E-state index in [0.29, 0.717) is 11.8 Å². The topological polar surface area (TPSA) is 27.0 Å². The summed E-state index contributed by atoms with van der Waals surface area (Å²) in [5.74, 6) is 2.58. The average Bonchev–Trinajstić information content (AvgIpc) is 3.11. The molecule has 4 aromatic carbocycles. The maximum atomic E-state index is 5.80. The van der Waals surface area contributed by atoms with Gasteiger partial charge < -0.3 is 27.6 Å². The number of nitrogens with zero attached hydrogens (tertiary/aromatic N) is 2. The number of hydrogen-bond acceptors (Lipinski definition) is 1. The quantitative estimate of drug-likeness (QED) is 0.113. The summed E-state index contributed by atoms with van der Waals surface area (Å²) in [7, 11) is 0. The minimum atomic E-state index is -0.221. The Balaban J connectivity index is 0.00000163. The summed E-state index contributed by atoms with van der Waals surface area (Å²) >= 11 is 0. The number of benzene rings is 4. The van der Waals surface area contributed by atoms with Gasteiger partial charge in [0.1, 0.15) is 0 Å². The van der Waals surface area contributed by atoms with Crippen molar-refractivity contribution in [2.75, 3.05) is 0 Å². The summed E-state index contributed by atoms with van der Waals surface area (Å²) in [6.45, 7) is 4.58. The van der Waals surface area contributed by atoms with Crippen LogP contribution in [0.25, 0.3) is 27.6 Å². The Morgan fingerprint density at radius 1 is 0.571 bits per heavy atom. The largest absolute Gasteiger partial charge is 0.672 e. The molecule has 0 amide bonds. The van der Waals surface area contributed by atoms with E-state index in [1.165, 1.54) is 72.9 Å². The van der Waals surface area contributed by atoms with Crippen molar-refractivity contribution in [3.05, 3.63) is 171 Å². The van der Waals surface area contributed by atoms with E-state index in [2.05, 4.69) is 135 Å². The molecule has 4 atom stereocenters. The predicted octanol–water partition coefficient (Wildman–Crippen LogP) is 13.8. The first-order valence-corrected chi connectivity index (χ1v) is 17.2. The van der Waals surface area contributed by atoms with E-state index >= 15 is 0 Å². The van der Waals surface area contributed by atoms with Gasteiger partial charge in [-0.05, 0) is 76.6 Å². The summed E-state index contributed by atoms with van der Waals surface area (Å²) < 4.78 is 0. The summed E-state index contributed by atoms with van der Waals surface area (Å²) in [5, 5.41) is 5.80. The number of pyridine rings is 1. The molecule has 0 N–H and O–H groups in total. The Morgan fingerprint density at radius 3 is 1.76 bits per heavy atom. The molecule has 2 aliphatic rings. The normalized spacial score (nSPS) is 18.7. The van der Waals surface area contributed by atoms with Crippen LogP contribution in [-0.2, 0) is 25.8 Å². The Labute approximate surface area is 317 Å². The Bertz CT molecular complexity index is 1650. The van der Waals surface area contributed by atoms with E-state index in [1.54, 1.807) is 0 Å². The summed E-state index contributed by atoms with van der Waals surface area (Å²) in [6, 6.07) is 43.5. The van der Waals surface area contributed by atoms with Gasteiger partial charge in [0.05, 0.1) is 0 Å². The summed E-state index contributed by atoms with van der Waals surface area (Å²) in [5.41, 5.74) is 10.6. The minimum absolute atomic E-state index is 0. The first-order chi connectivity index (χ1) is 22.2. The smallest absolute Gasteiger partial charge is 0.0440 e. The van der Waals surface area contributed by atoms with Gasteiger partial charge in [-0.15, -0.1) is 5.69 Å². The van der Waals surface area contributed by atoms with Crippen molar-refractivity contribution in [1.82, 2.24) is 4.98 Å². The molecule has 2 saturated carbocycles. The second kappa shape index (κ2) is 18.6. The molecular weight excluding hydrogens is 759 g/mol. The number of hydrogen-bond donors (Lipinski definition) is 0. The SMILES string of the molecule is CC(C)c1ccccc1C([N-]c1c(-c2ccccc2)cccc1-c1ccccc1)c1cccc(C2CCCC3CCCCC32)n1.[CH3-].[CH3-].[CH3-].[Hf].